The summed E-state index contributed by atoms with van der Waals surface area (Å²) in [5.41, 5.74) is 0.391. The van der Waals surface area contributed by atoms with Crippen molar-refractivity contribution in [1.29, 1.82) is 0 Å². The first-order chi connectivity index (χ1) is 12.0. The SMILES string of the molecule is CO[C@]1(CNC(=O)[C@@H]2CC(=O)N(C)[C@@H]2c2cccc(Cl)c2)CCOC1. The number of rotatable bonds is 5. The number of halogens is 1. The second-order valence-corrected chi connectivity index (χ2v) is 7.16. The quantitative estimate of drug-likeness (QED) is 0.862. The Morgan fingerprint density at radius 3 is 2.96 bits per heavy atom. The summed E-state index contributed by atoms with van der Waals surface area (Å²) in [6, 6.07) is 7.00. The van der Waals surface area contributed by atoms with E-state index in [1.165, 1.54) is 0 Å². The number of hydrogen-bond acceptors (Lipinski definition) is 4. The zero-order valence-electron chi connectivity index (χ0n) is 14.5. The zero-order chi connectivity index (χ0) is 18.0. The van der Waals surface area contributed by atoms with E-state index in [-0.39, 0.29) is 24.3 Å². The largest absolute Gasteiger partial charge is 0.378 e. The number of methoxy groups -OCH3 is 1. The van der Waals surface area contributed by atoms with Crippen LogP contribution in [0.25, 0.3) is 0 Å². The molecule has 6 nitrogen and oxygen atoms in total. The van der Waals surface area contributed by atoms with Gasteiger partial charge >= 0.3 is 0 Å². The van der Waals surface area contributed by atoms with Gasteiger partial charge in [-0.2, -0.15) is 0 Å². The van der Waals surface area contributed by atoms with Crippen LogP contribution in [0, 0.1) is 5.92 Å². The number of benzene rings is 1. The van der Waals surface area contributed by atoms with Crippen molar-refractivity contribution in [2.75, 3.05) is 33.9 Å². The average molecular weight is 367 g/mol. The molecule has 2 fully saturated rings. The number of nitrogens with one attached hydrogen (secondary N) is 1. The van der Waals surface area contributed by atoms with Gasteiger partial charge in [0, 0.05) is 45.2 Å². The van der Waals surface area contributed by atoms with E-state index in [9.17, 15) is 9.59 Å². The van der Waals surface area contributed by atoms with Crippen LogP contribution in [0.15, 0.2) is 24.3 Å². The molecule has 0 spiro atoms. The summed E-state index contributed by atoms with van der Waals surface area (Å²) in [6.45, 7) is 1.46. The molecule has 1 N–H and O–H groups in total. The molecule has 0 saturated carbocycles. The number of carbonyl (C=O) groups excluding carboxylic acids is 2. The molecule has 2 aliphatic rings. The first-order valence-electron chi connectivity index (χ1n) is 8.37. The molecule has 136 valence electrons. The molecule has 2 amide bonds. The molecular weight excluding hydrogens is 344 g/mol. The van der Waals surface area contributed by atoms with Gasteiger partial charge in [0.15, 0.2) is 0 Å². The van der Waals surface area contributed by atoms with Gasteiger partial charge in [-0.15, -0.1) is 0 Å². The predicted molar refractivity (Wildman–Crippen MR) is 93.3 cm³/mol. The average Bonchev–Trinajstić information content (AvgIpc) is 3.19. The maximum Gasteiger partial charge on any atom is 0.226 e. The Bertz CT molecular complexity index is 660. The van der Waals surface area contributed by atoms with Crippen molar-refractivity contribution in [2.24, 2.45) is 5.92 Å². The minimum atomic E-state index is -0.476. The molecule has 1 aromatic rings. The normalized spacial score (nSPS) is 29.2. The second-order valence-electron chi connectivity index (χ2n) is 6.72. The van der Waals surface area contributed by atoms with Crippen LogP contribution in [0.3, 0.4) is 0 Å². The molecule has 3 atom stereocenters. The molecule has 3 rings (SSSR count). The van der Waals surface area contributed by atoms with Crippen LogP contribution in [-0.4, -0.2) is 56.2 Å². The van der Waals surface area contributed by atoms with Gasteiger partial charge in [-0.05, 0) is 17.7 Å². The zero-order valence-corrected chi connectivity index (χ0v) is 15.2. The Morgan fingerprint density at radius 2 is 2.32 bits per heavy atom. The number of carbonyl (C=O) groups is 2. The van der Waals surface area contributed by atoms with Gasteiger partial charge in [-0.1, -0.05) is 23.7 Å². The first-order valence-corrected chi connectivity index (χ1v) is 8.75. The molecule has 7 heteroatoms. The van der Waals surface area contributed by atoms with E-state index < -0.39 is 11.5 Å². The molecule has 0 radical (unpaired) electrons. The highest BCUT2D eigenvalue weighted by Crippen LogP contribution is 2.38. The van der Waals surface area contributed by atoms with Gasteiger partial charge in [0.2, 0.25) is 11.8 Å². The van der Waals surface area contributed by atoms with E-state index in [4.69, 9.17) is 21.1 Å². The lowest BCUT2D eigenvalue weighted by Crippen LogP contribution is -2.47. The van der Waals surface area contributed by atoms with Crippen LogP contribution in [0.2, 0.25) is 5.02 Å². The van der Waals surface area contributed by atoms with Crippen molar-refractivity contribution >= 4 is 23.4 Å². The Hall–Kier alpha value is -1.63. The highest BCUT2D eigenvalue weighted by Gasteiger charge is 2.44. The highest BCUT2D eigenvalue weighted by atomic mass is 35.5. The fourth-order valence-corrected chi connectivity index (χ4v) is 3.79. The molecule has 1 aromatic carbocycles. The van der Waals surface area contributed by atoms with Gasteiger partial charge in [0.05, 0.1) is 18.6 Å². The molecule has 0 unspecified atom stereocenters. The van der Waals surface area contributed by atoms with Crippen molar-refractivity contribution in [3.05, 3.63) is 34.9 Å². The molecule has 0 bridgehead atoms. The minimum absolute atomic E-state index is 0.0456. The Morgan fingerprint density at radius 1 is 1.52 bits per heavy atom. The number of ether oxygens (including phenoxy) is 2. The van der Waals surface area contributed by atoms with E-state index in [0.717, 1.165) is 12.0 Å². The number of amides is 2. The maximum atomic E-state index is 12.8. The molecule has 2 heterocycles. The third-order valence-electron chi connectivity index (χ3n) is 5.20. The van der Waals surface area contributed by atoms with Gasteiger partial charge < -0.3 is 19.7 Å². The van der Waals surface area contributed by atoms with E-state index >= 15 is 0 Å². The Kier molecular flexibility index (Phi) is 5.32. The Balaban J connectivity index is 1.74. The maximum absolute atomic E-state index is 12.8. The summed E-state index contributed by atoms with van der Waals surface area (Å²) in [4.78, 5) is 26.6. The van der Waals surface area contributed by atoms with Crippen molar-refractivity contribution in [1.82, 2.24) is 10.2 Å². The van der Waals surface area contributed by atoms with Crippen LogP contribution >= 0.6 is 11.6 Å². The van der Waals surface area contributed by atoms with Crippen molar-refractivity contribution in [2.45, 2.75) is 24.5 Å². The first kappa shape index (κ1) is 18.2. The van der Waals surface area contributed by atoms with Crippen molar-refractivity contribution < 1.29 is 19.1 Å². The second kappa shape index (κ2) is 7.32. The lowest BCUT2D eigenvalue weighted by molar-refractivity contribution is -0.129. The summed E-state index contributed by atoms with van der Waals surface area (Å²) >= 11 is 6.08. The van der Waals surface area contributed by atoms with Crippen LogP contribution in [0.1, 0.15) is 24.4 Å². The molecule has 0 aromatic heterocycles. The van der Waals surface area contributed by atoms with Gasteiger partial charge in [-0.25, -0.2) is 0 Å². The number of nitrogens with zero attached hydrogens (tertiary/aromatic N) is 1. The summed E-state index contributed by atoms with van der Waals surface area (Å²) in [5.74, 6) is -0.644. The number of likely N-dealkylation sites (tertiary alicyclic amines) is 1. The molecule has 25 heavy (non-hydrogen) atoms. The van der Waals surface area contributed by atoms with E-state index in [0.29, 0.717) is 24.8 Å². The Labute approximate surface area is 152 Å². The summed E-state index contributed by atoms with van der Waals surface area (Å²) in [7, 11) is 3.35. The van der Waals surface area contributed by atoms with E-state index in [2.05, 4.69) is 5.32 Å². The van der Waals surface area contributed by atoms with Crippen molar-refractivity contribution in [3.63, 3.8) is 0 Å². The van der Waals surface area contributed by atoms with Crippen LogP contribution in [-0.2, 0) is 19.1 Å². The van der Waals surface area contributed by atoms with Crippen molar-refractivity contribution in [3.8, 4) is 0 Å². The fourth-order valence-electron chi connectivity index (χ4n) is 3.59. The molecule has 0 aliphatic carbocycles. The number of hydrogen-bond donors (Lipinski definition) is 1. The smallest absolute Gasteiger partial charge is 0.226 e. The van der Waals surface area contributed by atoms with E-state index in [1.54, 1.807) is 25.1 Å². The highest BCUT2D eigenvalue weighted by molar-refractivity contribution is 6.30. The predicted octanol–water partition coefficient (Wildman–Crippen LogP) is 1.78. The lowest BCUT2D eigenvalue weighted by atomic mass is 9.92. The summed E-state index contributed by atoms with van der Waals surface area (Å²) < 4.78 is 10.9. The summed E-state index contributed by atoms with van der Waals surface area (Å²) in [5, 5.41) is 3.55. The van der Waals surface area contributed by atoms with Crippen LogP contribution < -0.4 is 5.32 Å². The van der Waals surface area contributed by atoms with Crippen LogP contribution in [0.4, 0.5) is 0 Å². The van der Waals surface area contributed by atoms with Crippen LogP contribution in [0.5, 0.6) is 0 Å². The van der Waals surface area contributed by atoms with Gasteiger partial charge in [0.1, 0.15) is 5.60 Å². The third-order valence-corrected chi connectivity index (χ3v) is 5.43. The molecule has 2 aliphatic heterocycles. The molecular formula is C18H23ClN2O4. The topological polar surface area (TPSA) is 67.9 Å². The fraction of sp³-hybridized carbons (Fsp3) is 0.556. The summed E-state index contributed by atoms with van der Waals surface area (Å²) in [6.07, 6.45) is 0.932. The van der Waals surface area contributed by atoms with Gasteiger partial charge in [0.25, 0.3) is 0 Å². The monoisotopic (exact) mass is 366 g/mol. The van der Waals surface area contributed by atoms with E-state index in [1.807, 2.05) is 18.2 Å². The minimum Gasteiger partial charge on any atom is -0.378 e. The lowest BCUT2D eigenvalue weighted by Gasteiger charge is -2.28. The van der Waals surface area contributed by atoms with Gasteiger partial charge in [-0.3, -0.25) is 9.59 Å². The standard InChI is InChI=1S/C18H23ClN2O4/c1-21-15(22)9-14(16(21)12-4-3-5-13(19)8-12)17(23)20-10-18(24-2)6-7-25-11-18/h3-5,8,14,16H,6-7,9-11H2,1-2H3,(H,20,23)/t14-,16-,18+/m1/s1. The third kappa shape index (κ3) is 3.66. The molecule has 2 saturated heterocycles.